The van der Waals surface area contributed by atoms with Gasteiger partial charge in [-0.15, -0.1) is 0 Å². The van der Waals surface area contributed by atoms with E-state index in [0.717, 1.165) is 5.69 Å². The number of ether oxygens (including phenoxy) is 1. The third kappa shape index (κ3) is 2.93. The van der Waals surface area contributed by atoms with Gasteiger partial charge in [-0.1, -0.05) is 32.9 Å². The minimum atomic E-state index is -0.351. The number of anilines is 1. The van der Waals surface area contributed by atoms with Crippen LogP contribution in [0.15, 0.2) is 48.5 Å². The highest BCUT2D eigenvalue weighted by atomic mass is 19.1. The Bertz CT molecular complexity index is 719. The van der Waals surface area contributed by atoms with Crippen molar-refractivity contribution in [2.75, 3.05) is 11.5 Å². The Kier molecular flexibility index (Phi) is 3.84. The van der Waals surface area contributed by atoms with E-state index in [1.54, 1.807) is 4.90 Å². The molecule has 3 nitrogen and oxygen atoms in total. The van der Waals surface area contributed by atoms with Gasteiger partial charge < -0.3 is 4.74 Å². The number of nitrogens with zero attached hydrogens (tertiary/aromatic N) is 1. The maximum atomic E-state index is 13.2. The normalized spacial score (nSPS) is 17.4. The lowest BCUT2D eigenvalue weighted by Crippen LogP contribution is -2.53. The van der Waals surface area contributed by atoms with E-state index in [2.05, 4.69) is 20.8 Å². The third-order valence-electron chi connectivity index (χ3n) is 4.14. The maximum Gasteiger partial charge on any atom is 0.258 e. The van der Waals surface area contributed by atoms with Crippen molar-refractivity contribution < 1.29 is 13.9 Å². The van der Waals surface area contributed by atoms with Crippen LogP contribution < -0.4 is 9.64 Å². The molecule has 23 heavy (non-hydrogen) atoms. The van der Waals surface area contributed by atoms with E-state index < -0.39 is 0 Å². The number of carbonyl (C=O) groups excluding carboxylic acids is 1. The zero-order valence-corrected chi connectivity index (χ0v) is 13.5. The molecule has 0 aliphatic carbocycles. The molecule has 0 saturated heterocycles. The highest BCUT2D eigenvalue weighted by Gasteiger charge is 2.39. The summed E-state index contributed by atoms with van der Waals surface area (Å²) in [6.45, 7) is 6.69. The van der Waals surface area contributed by atoms with Crippen molar-refractivity contribution in [3.63, 3.8) is 0 Å². The molecule has 4 heteroatoms. The maximum absolute atomic E-state index is 13.2. The van der Waals surface area contributed by atoms with Gasteiger partial charge in [0.1, 0.15) is 18.2 Å². The van der Waals surface area contributed by atoms with Crippen LogP contribution in [0, 0.1) is 11.2 Å². The first-order valence-corrected chi connectivity index (χ1v) is 7.69. The first kappa shape index (κ1) is 15.5. The number of rotatable bonds is 1. The van der Waals surface area contributed by atoms with Crippen molar-refractivity contribution in [1.82, 2.24) is 0 Å². The number of fused-ring (bicyclic) bond motifs is 1. The summed E-state index contributed by atoms with van der Waals surface area (Å²) in [5.74, 6) is 0.209. The zero-order valence-electron chi connectivity index (χ0n) is 13.5. The molecule has 0 saturated carbocycles. The lowest BCUT2D eigenvalue weighted by atomic mass is 9.84. The average molecular weight is 313 g/mol. The molecule has 2 aromatic carbocycles. The quantitative estimate of drug-likeness (QED) is 0.786. The topological polar surface area (TPSA) is 29.5 Å². The summed E-state index contributed by atoms with van der Waals surface area (Å²) in [6.07, 6.45) is 0. The van der Waals surface area contributed by atoms with Gasteiger partial charge >= 0.3 is 0 Å². The SMILES string of the molecule is CC(C)(C)[C@@H]1COc2ccccc2N1C(=O)c1ccc(F)cc1. The van der Waals surface area contributed by atoms with Gasteiger partial charge in [-0.2, -0.15) is 0 Å². The molecular weight excluding hydrogens is 293 g/mol. The van der Waals surface area contributed by atoms with Crippen molar-refractivity contribution in [3.8, 4) is 5.75 Å². The summed E-state index contributed by atoms with van der Waals surface area (Å²) in [6, 6.07) is 13.1. The smallest absolute Gasteiger partial charge is 0.258 e. The number of benzene rings is 2. The molecular formula is C19H20FNO2. The Morgan fingerprint density at radius 2 is 1.78 bits per heavy atom. The first-order valence-electron chi connectivity index (χ1n) is 7.69. The van der Waals surface area contributed by atoms with Crippen LogP contribution in [-0.4, -0.2) is 18.6 Å². The fourth-order valence-corrected chi connectivity index (χ4v) is 2.81. The van der Waals surface area contributed by atoms with Gasteiger partial charge in [0.05, 0.1) is 11.7 Å². The Morgan fingerprint density at radius 3 is 2.43 bits per heavy atom. The largest absolute Gasteiger partial charge is 0.489 e. The van der Waals surface area contributed by atoms with Crippen molar-refractivity contribution >= 4 is 11.6 Å². The van der Waals surface area contributed by atoms with Crippen LogP contribution in [0.5, 0.6) is 5.75 Å². The molecule has 2 aromatic rings. The van der Waals surface area contributed by atoms with Gasteiger partial charge in [-0.3, -0.25) is 9.69 Å². The van der Waals surface area contributed by atoms with Crippen LogP contribution in [0.2, 0.25) is 0 Å². The molecule has 1 heterocycles. The predicted molar refractivity (Wildman–Crippen MR) is 88.4 cm³/mol. The van der Waals surface area contributed by atoms with E-state index in [1.807, 2.05) is 24.3 Å². The predicted octanol–water partition coefficient (Wildman–Crippen LogP) is 4.28. The molecule has 120 valence electrons. The molecule has 1 atom stereocenters. The van der Waals surface area contributed by atoms with Crippen LogP contribution in [-0.2, 0) is 0 Å². The minimum Gasteiger partial charge on any atom is -0.489 e. The monoisotopic (exact) mass is 313 g/mol. The lowest BCUT2D eigenvalue weighted by molar-refractivity contribution is 0.0911. The standard InChI is InChI=1S/C19H20FNO2/c1-19(2,3)17-12-23-16-7-5-4-6-15(16)21(17)18(22)13-8-10-14(20)11-9-13/h4-11,17H,12H2,1-3H3/t17-/m0/s1. The molecule has 0 spiro atoms. The number of hydrogen-bond acceptors (Lipinski definition) is 2. The number of halogens is 1. The summed E-state index contributed by atoms with van der Waals surface area (Å²) >= 11 is 0. The average Bonchev–Trinajstić information content (AvgIpc) is 2.53. The second-order valence-corrected chi connectivity index (χ2v) is 6.84. The van der Waals surface area contributed by atoms with Gasteiger partial charge in [0.25, 0.3) is 5.91 Å². The molecule has 0 unspecified atom stereocenters. The summed E-state index contributed by atoms with van der Waals surface area (Å²) in [5, 5.41) is 0. The van der Waals surface area contributed by atoms with Crippen molar-refractivity contribution in [1.29, 1.82) is 0 Å². The van der Waals surface area contributed by atoms with Crippen molar-refractivity contribution in [3.05, 3.63) is 59.9 Å². The molecule has 0 aromatic heterocycles. The van der Waals surface area contributed by atoms with E-state index in [0.29, 0.717) is 17.9 Å². The van der Waals surface area contributed by atoms with Crippen molar-refractivity contribution in [2.45, 2.75) is 26.8 Å². The second-order valence-electron chi connectivity index (χ2n) is 6.84. The summed E-state index contributed by atoms with van der Waals surface area (Å²) in [4.78, 5) is 14.9. The Morgan fingerprint density at radius 1 is 1.13 bits per heavy atom. The third-order valence-corrected chi connectivity index (χ3v) is 4.14. The van der Waals surface area contributed by atoms with Crippen LogP contribution in [0.25, 0.3) is 0 Å². The fourth-order valence-electron chi connectivity index (χ4n) is 2.81. The molecule has 1 aliphatic rings. The number of amides is 1. The molecule has 0 bridgehead atoms. The van der Waals surface area contributed by atoms with E-state index in [-0.39, 0.29) is 23.2 Å². The highest BCUT2D eigenvalue weighted by molar-refractivity contribution is 6.07. The van der Waals surface area contributed by atoms with Crippen LogP contribution in [0.4, 0.5) is 10.1 Å². The van der Waals surface area contributed by atoms with Gasteiger partial charge in [-0.05, 0) is 41.8 Å². The summed E-state index contributed by atoms with van der Waals surface area (Å²) in [7, 11) is 0. The van der Waals surface area contributed by atoms with Crippen molar-refractivity contribution in [2.24, 2.45) is 5.41 Å². The Hall–Kier alpha value is -2.36. The molecule has 0 fully saturated rings. The van der Waals surface area contributed by atoms with E-state index in [1.165, 1.54) is 24.3 Å². The Balaban J connectivity index is 2.07. The van der Waals surface area contributed by atoms with E-state index >= 15 is 0 Å². The molecule has 1 amide bonds. The highest BCUT2D eigenvalue weighted by Crippen LogP contribution is 2.39. The lowest BCUT2D eigenvalue weighted by Gasteiger charge is -2.43. The van der Waals surface area contributed by atoms with Gasteiger partial charge in [-0.25, -0.2) is 4.39 Å². The van der Waals surface area contributed by atoms with Crippen LogP contribution in [0.3, 0.4) is 0 Å². The minimum absolute atomic E-state index is 0.102. The van der Waals surface area contributed by atoms with Gasteiger partial charge in [0.15, 0.2) is 0 Å². The summed E-state index contributed by atoms with van der Waals surface area (Å²) < 4.78 is 19.0. The fraction of sp³-hybridized carbons (Fsp3) is 0.316. The zero-order chi connectivity index (χ0) is 16.6. The molecule has 0 N–H and O–H groups in total. The molecule has 0 radical (unpaired) electrons. The number of para-hydroxylation sites is 2. The van der Waals surface area contributed by atoms with Gasteiger partial charge in [0, 0.05) is 5.56 Å². The molecule has 3 rings (SSSR count). The van der Waals surface area contributed by atoms with Crippen LogP contribution >= 0.6 is 0 Å². The van der Waals surface area contributed by atoms with Crippen LogP contribution in [0.1, 0.15) is 31.1 Å². The first-order chi connectivity index (χ1) is 10.9. The molecule has 1 aliphatic heterocycles. The number of carbonyl (C=O) groups is 1. The number of hydrogen-bond donors (Lipinski definition) is 0. The van der Waals surface area contributed by atoms with E-state index in [4.69, 9.17) is 4.74 Å². The van der Waals surface area contributed by atoms with E-state index in [9.17, 15) is 9.18 Å². The van der Waals surface area contributed by atoms with Gasteiger partial charge in [0.2, 0.25) is 0 Å². The Labute approximate surface area is 135 Å². The second kappa shape index (κ2) is 5.69. The summed E-state index contributed by atoms with van der Waals surface area (Å²) in [5.41, 5.74) is 1.08.